The summed E-state index contributed by atoms with van der Waals surface area (Å²) < 4.78 is 0. The second-order valence-corrected chi connectivity index (χ2v) is 6.25. The standard InChI is InChI=1S/C16H14N2O4/c1-8-6-9-7-12(8)14-13(9)15(19)17(16(14)20)10-2-4-11(5-3-10)18(21)22/h2-6,9,12-14H,7H2,1H3/t9-,12-,13+,14+/m0/s1. The lowest BCUT2D eigenvalue weighted by Crippen LogP contribution is -2.32. The average Bonchev–Trinajstić information content (AvgIpc) is 3.11. The van der Waals surface area contributed by atoms with Gasteiger partial charge in [0, 0.05) is 12.1 Å². The number of anilines is 1. The molecule has 0 radical (unpaired) electrons. The van der Waals surface area contributed by atoms with Crippen LogP contribution >= 0.6 is 0 Å². The number of nitro benzene ring substituents is 1. The van der Waals surface area contributed by atoms with Gasteiger partial charge < -0.3 is 0 Å². The topological polar surface area (TPSA) is 80.5 Å². The van der Waals surface area contributed by atoms with Crippen LogP contribution in [0.3, 0.4) is 0 Å². The first-order chi connectivity index (χ1) is 10.5. The average molecular weight is 298 g/mol. The molecule has 0 aromatic heterocycles. The van der Waals surface area contributed by atoms with Gasteiger partial charge >= 0.3 is 0 Å². The van der Waals surface area contributed by atoms with Gasteiger partial charge in [0.05, 0.1) is 22.4 Å². The van der Waals surface area contributed by atoms with Gasteiger partial charge in [-0.2, -0.15) is 0 Å². The number of nitro groups is 1. The SMILES string of the molecule is CC1=C[C@H]2C[C@@H]1[C@H]1C(=O)N(c3ccc([N+](=O)[O-])cc3)C(=O)[C@@H]12. The Balaban J connectivity index is 1.69. The Morgan fingerprint density at radius 2 is 1.77 bits per heavy atom. The highest BCUT2D eigenvalue weighted by molar-refractivity contribution is 6.22. The zero-order chi connectivity index (χ0) is 15.6. The third kappa shape index (κ3) is 1.55. The number of benzene rings is 1. The molecule has 1 aliphatic heterocycles. The molecule has 0 spiro atoms. The zero-order valence-electron chi connectivity index (χ0n) is 11.9. The molecule has 0 unspecified atom stereocenters. The number of imide groups is 1. The Labute approximate surface area is 126 Å². The summed E-state index contributed by atoms with van der Waals surface area (Å²) in [5.74, 6) is -0.498. The number of carbonyl (C=O) groups is 2. The molecule has 0 N–H and O–H groups in total. The lowest BCUT2D eigenvalue weighted by molar-refractivity contribution is -0.384. The molecule has 4 atom stereocenters. The van der Waals surface area contributed by atoms with Gasteiger partial charge in [0.15, 0.2) is 0 Å². The first-order valence-corrected chi connectivity index (χ1v) is 7.29. The van der Waals surface area contributed by atoms with E-state index in [9.17, 15) is 19.7 Å². The van der Waals surface area contributed by atoms with Crippen molar-refractivity contribution in [3.8, 4) is 0 Å². The largest absolute Gasteiger partial charge is 0.274 e. The van der Waals surface area contributed by atoms with Crippen LogP contribution in [0.2, 0.25) is 0 Å². The molecule has 3 aliphatic rings. The molecule has 112 valence electrons. The van der Waals surface area contributed by atoms with E-state index in [1.807, 2.05) is 6.92 Å². The second-order valence-electron chi connectivity index (χ2n) is 6.25. The van der Waals surface area contributed by atoms with Crippen molar-refractivity contribution in [2.75, 3.05) is 4.90 Å². The minimum Gasteiger partial charge on any atom is -0.274 e. The second kappa shape index (κ2) is 4.25. The van der Waals surface area contributed by atoms with Crippen LogP contribution in [0.4, 0.5) is 11.4 Å². The van der Waals surface area contributed by atoms with Crippen molar-refractivity contribution in [3.63, 3.8) is 0 Å². The number of allylic oxidation sites excluding steroid dienone is 2. The van der Waals surface area contributed by atoms with Gasteiger partial charge in [-0.1, -0.05) is 11.6 Å². The highest BCUT2D eigenvalue weighted by atomic mass is 16.6. The van der Waals surface area contributed by atoms with Crippen LogP contribution in [-0.2, 0) is 9.59 Å². The quantitative estimate of drug-likeness (QED) is 0.363. The van der Waals surface area contributed by atoms with Crippen LogP contribution < -0.4 is 4.90 Å². The zero-order valence-corrected chi connectivity index (χ0v) is 11.9. The molecule has 2 fully saturated rings. The minimum atomic E-state index is -0.500. The minimum absolute atomic E-state index is 0.0550. The van der Waals surface area contributed by atoms with E-state index < -0.39 is 4.92 Å². The van der Waals surface area contributed by atoms with Crippen LogP contribution in [0, 0.1) is 33.8 Å². The summed E-state index contributed by atoms with van der Waals surface area (Å²) >= 11 is 0. The van der Waals surface area contributed by atoms with Crippen LogP contribution in [-0.4, -0.2) is 16.7 Å². The van der Waals surface area contributed by atoms with Gasteiger partial charge in [0.2, 0.25) is 11.8 Å². The monoisotopic (exact) mass is 298 g/mol. The van der Waals surface area contributed by atoms with Crippen molar-refractivity contribution in [2.45, 2.75) is 13.3 Å². The van der Waals surface area contributed by atoms with Crippen molar-refractivity contribution in [1.29, 1.82) is 0 Å². The van der Waals surface area contributed by atoms with Crippen molar-refractivity contribution in [2.24, 2.45) is 23.7 Å². The van der Waals surface area contributed by atoms with Gasteiger partial charge in [-0.15, -0.1) is 0 Å². The van der Waals surface area contributed by atoms with Crippen molar-refractivity contribution in [1.82, 2.24) is 0 Å². The van der Waals surface area contributed by atoms with Gasteiger partial charge in [-0.3, -0.25) is 24.6 Å². The predicted molar refractivity (Wildman–Crippen MR) is 77.9 cm³/mol. The van der Waals surface area contributed by atoms with E-state index in [0.29, 0.717) is 5.69 Å². The van der Waals surface area contributed by atoms with Gasteiger partial charge in [0.25, 0.3) is 5.69 Å². The number of rotatable bonds is 2. The Morgan fingerprint density at radius 3 is 2.41 bits per heavy atom. The van der Waals surface area contributed by atoms with Crippen molar-refractivity contribution >= 4 is 23.2 Å². The third-order valence-electron chi connectivity index (χ3n) is 5.20. The Hall–Kier alpha value is -2.50. The smallest absolute Gasteiger partial charge is 0.269 e. The number of non-ortho nitro benzene ring substituents is 1. The fraction of sp³-hybridized carbons (Fsp3) is 0.375. The molecular weight excluding hydrogens is 284 g/mol. The molecule has 22 heavy (non-hydrogen) atoms. The van der Waals surface area contributed by atoms with E-state index in [4.69, 9.17) is 0 Å². The van der Waals surface area contributed by atoms with Crippen LogP contribution in [0.25, 0.3) is 0 Å². The molecule has 2 amide bonds. The summed E-state index contributed by atoms with van der Waals surface area (Å²) in [7, 11) is 0. The summed E-state index contributed by atoms with van der Waals surface area (Å²) in [6.45, 7) is 2.02. The summed E-state index contributed by atoms with van der Waals surface area (Å²) in [4.78, 5) is 36.8. The molecule has 6 nitrogen and oxygen atoms in total. The van der Waals surface area contributed by atoms with E-state index in [0.717, 1.165) is 6.42 Å². The summed E-state index contributed by atoms with van der Waals surface area (Å²) in [5, 5.41) is 10.7. The molecule has 1 saturated carbocycles. The van der Waals surface area contributed by atoms with Crippen LogP contribution in [0.1, 0.15) is 13.3 Å². The maximum atomic E-state index is 12.7. The number of amides is 2. The Bertz CT molecular complexity index is 737. The highest BCUT2D eigenvalue weighted by Crippen LogP contribution is 2.55. The van der Waals surface area contributed by atoms with Crippen LogP contribution in [0.15, 0.2) is 35.9 Å². The first kappa shape index (κ1) is 13.2. The van der Waals surface area contributed by atoms with Gasteiger partial charge in [-0.25, -0.2) is 0 Å². The molecule has 1 aromatic rings. The molecule has 1 saturated heterocycles. The third-order valence-corrected chi connectivity index (χ3v) is 5.20. The number of nitrogens with zero attached hydrogens (tertiary/aromatic N) is 2. The van der Waals surface area contributed by atoms with E-state index in [-0.39, 0.29) is 41.2 Å². The molecule has 2 aliphatic carbocycles. The van der Waals surface area contributed by atoms with E-state index >= 15 is 0 Å². The van der Waals surface area contributed by atoms with Crippen molar-refractivity contribution < 1.29 is 14.5 Å². The Kier molecular flexibility index (Phi) is 2.55. The normalized spacial score (nSPS) is 32.4. The lowest BCUT2D eigenvalue weighted by atomic mass is 9.82. The number of hydrogen-bond acceptors (Lipinski definition) is 4. The summed E-state index contributed by atoms with van der Waals surface area (Å²) in [5.41, 5.74) is 1.57. The predicted octanol–water partition coefficient (Wildman–Crippen LogP) is 2.30. The summed E-state index contributed by atoms with van der Waals surface area (Å²) in [6, 6.07) is 5.58. The Morgan fingerprint density at radius 1 is 1.14 bits per heavy atom. The molecule has 4 rings (SSSR count). The summed E-state index contributed by atoms with van der Waals surface area (Å²) in [6.07, 6.45) is 3.02. The van der Waals surface area contributed by atoms with E-state index in [1.54, 1.807) is 0 Å². The number of fused-ring (bicyclic) bond motifs is 5. The van der Waals surface area contributed by atoms with E-state index in [2.05, 4.69) is 6.08 Å². The fourth-order valence-electron chi connectivity index (χ4n) is 4.25. The lowest BCUT2D eigenvalue weighted by Gasteiger charge is -2.19. The van der Waals surface area contributed by atoms with E-state index in [1.165, 1.54) is 34.7 Å². The highest BCUT2D eigenvalue weighted by Gasteiger charge is 2.60. The van der Waals surface area contributed by atoms with Gasteiger partial charge in [0.1, 0.15) is 0 Å². The van der Waals surface area contributed by atoms with Crippen LogP contribution in [0.5, 0.6) is 0 Å². The molecule has 1 aromatic carbocycles. The first-order valence-electron chi connectivity index (χ1n) is 7.29. The molecule has 2 bridgehead atoms. The maximum absolute atomic E-state index is 12.7. The maximum Gasteiger partial charge on any atom is 0.269 e. The molecule has 1 heterocycles. The van der Waals surface area contributed by atoms with Gasteiger partial charge in [-0.05, 0) is 37.3 Å². The van der Waals surface area contributed by atoms with Crippen molar-refractivity contribution in [3.05, 3.63) is 46.0 Å². The molecular formula is C16H14N2O4. The molecule has 6 heteroatoms. The fourth-order valence-corrected chi connectivity index (χ4v) is 4.25. The number of hydrogen-bond donors (Lipinski definition) is 0. The number of carbonyl (C=O) groups excluding carboxylic acids is 2.